The second-order valence-corrected chi connectivity index (χ2v) is 5.72. The predicted octanol–water partition coefficient (Wildman–Crippen LogP) is 3.37. The molecule has 26 heavy (non-hydrogen) atoms. The van der Waals surface area contributed by atoms with Crippen molar-refractivity contribution in [3.63, 3.8) is 0 Å². The normalized spacial score (nSPS) is 10.5. The van der Waals surface area contributed by atoms with Crippen LogP contribution >= 0.6 is 0 Å². The Labute approximate surface area is 150 Å². The van der Waals surface area contributed by atoms with Crippen molar-refractivity contribution in [2.24, 2.45) is 0 Å². The second-order valence-electron chi connectivity index (χ2n) is 5.72. The zero-order valence-electron chi connectivity index (χ0n) is 14.0. The minimum atomic E-state index is -0.465. The zero-order valence-corrected chi connectivity index (χ0v) is 14.0. The summed E-state index contributed by atoms with van der Waals surface area (Å²) in [5.41, 5.74) is 2.14. The highest BCUT2D eigenvalue weighted by molar-refractivity contribution is 5.97. The number of ether oxygens (including phenoxy) is 1. The van der Waals surface area contributed by atoms with Crippen LogP contribution in [0, 0.1) is 5.82 Å². The van der Waals surface area contributed by atoms with Crippen LogP contribution in [0.5, 0.6) is 0 Å². The van der Waals surface area contributed by atoms with Crippen LogP contribution in [0.25, 0.3) is 5.69 Å². The van der Waals surface area contributed by atoms with E-state index in [0.717, 1.165) is 11.3 Å². The second kappa shape index (κ2) is 8.20. The van der Waals surface area contributed by atoms with E-state index in [0.29, 0.717) is 12.0 Å². The van der Waals surface area contributed by atoms with E-state index in [-0.39, 0.29) is 18.8 Å². The molecule has 1 aromatic heterocycles. The van der Waals surface area contributed by atoms with Crippen LogP contribution in [0.1, 0.15) is 22.3 Å². The molecular weight excluding hydrogens is 335 g/mol. The van der Waals surface area contributed by atoms with Gasteiger partial charge in [-0.15, -0.1) is 0 Å². The first-order valence-electron chi connectivity index (χ1n) is 8.15. The van der Waals surface area contributed by atoms with Crippen LogP contribution < -0.4 is 0 Å². The Morgan fingerprint density at radius 3 is 2.50 bits per heavy atom. The number of benzene rings is 2. The molecule has 0 atom stereocenters. The summed E-state index contributed by atoms with van der Waals surface area (Å²) in [4.78, 5) is 23.7. The molecule has 2 aromatic carbocycles. The molecule has 0 saturated carbocycles. The molecule has 132 valence electrons. The standard InChI is InChI=1S/C20H17FN2O3/c21-17-9-7-16(8-10-17)19(24)14-26-20(25)11-6-15-12-22-23(13-15)18-4-2-1-3-5-18/h1-5,7-10,12-13H,6,11,14H2. The molecule has 0 radical (unpaired) electrons. The smallest absolute Gasteiger partial charge is 0.306 e. The monoisotopic (exact) mass is 352 g/mol. The van der Waals surface area contributed by atoms with Crippen LogP contribution in [0.2, 0.25) is 0 Å². The van der Waals surface area contributed by atoms with E-state index in [9.17, 15) is 14.0 Å². The van der Waals surface area contributed by atoms with E-state index < -0.39 is 11.8 Å². The van der Waals surface area contributed by atoms with Crippen molar-refractivity contribution >= 4 is 11.8 Å². The van der Waals surface area contributed by atoms with Crippen molar-refractivity contribution in [2.75, 3.05) is 6.61 Å². The lowest BCUT2D eigenvalue weighted by atomic mass is 10.1. The molecule has 0 saturated heterocycles. The number of Topliss-reactive ketones (excluding diaryl/α,β-unsaturated/α-hetero) is 1. The fraction of sp³-hybridized carbons (Fsp3) is 0.150. The summed E-state index contributed by atoms with van der Waals surface area (Å²) in [6.07, 6.45) is 4.17. The summed E-state index contributed by atoms with van der Waals surface area (Å²) in [6.45, 7) is -0.353. The summed E-state index contributed by atoms with van der Waals surface area (Å²) in [5.74, 6) is -1.25. The molecule has 0 unspecified atom stereocenters. The first-order chi connectivity index (χ1) is 12.6. The Morgan fingerprint density at radius 1 is 1.04 bits per heavy atom. The number of aryl methyl sites for hydroxylation is 1. The van der Waals surface area contributed by atoms with Crippen LogP contribution in [0.3, 0.4) is 0 Å². The van der Waals surface area contributed by atoms with E-state index in [2.05, 4.69) is 5.10 Å². The molecule has 5 nitrogen and oxygen atoms in total. The number of nitrogens with zero attached hydrogens (tertiary/aromatic N) is 2. The summed E-state index contributed by atoms with van der Waals surface area (Å²) in [6, 6.07) is 14.8. The number of rotatable bonds is 7. The third-order valence-corrected chi connectivity index (χ3v) is 3.81. The Morgan fingerprint density at radius 2 is 1.77 bits per heavy atom. The molecule has 0 aliphatic carbocycles. The number of hydrogen-bond acceptors (Lipinski definition) is 4. The van der Waals surface area contributed by atoms with Gasteiger partial charge >= 0.3 is 5.97 Å². The van der Waals surface area contributed by atoms with Gasteiger partial charge in [-0.05, 0) is 48.4 Å². The number of halogens is 1. The molecule has 0 fully saturated rings. The quantitative estimate of drug-likeness (QED) is 0.483. The van der Waals surface area contributed by atoms with Crippen LogP contribution in [0.4, 0.5) is 4.39 Å². The van der Waals surface area contributed by atoms with Gasteiger partial charge < -0.3 is 4.74 Å². The lowest BCUT2D eigenvalue weighted by molar-refractivity contribution is -0.142. The molecule has 1 heterocycles. The summed E-state index contributed by atoms with van der Waals surface area (Å²) >= 11 is 0. The molecule has 0 aliphatic rings. The number of ketones is 1. The topological polar surface area (TPSA) is 61.2 Å². The minimum absolute atomic E-state index is 0.150. The van der Waals surface area contributed by atoms with Gasteiger partial charge in [0.2, 0.25) is 0 Å². The van der Waals surface area contributed by atoms with Gasteiger partial charge in [-0.3, -0.25) is 9.59 Å². The van der Waals surface area contributed by atoms with E-state index in [1.54, 1.807) is 10.9 Å². The first kappa shape index (κ1) is 17.5. The molecule has 0 N–H and O–H groups in total. The Bertz CT molecular complexity index is 889. The zero-order chi connectivity index (χ0) is 18.4. The number of carbonyl (C=O) groups is 2. The van der Waals surface area contributed by atoms with Crippen LogP contribution in [-0.2, 0) is 16.0 Å². The number of hydrogen-bond donors (Lipinski definition) is 0. The third-order valence-electron chi connectivity index (χ3n) is 3.81. The van der Waals surface area contributed by atoms with Gasteiger partial charge in [0.25, 0.3) is 0 Å². The minimum Gasteiger partial charge on any atom is -0.457 e. The van der Waals surface area contributed by atoms with Crippen LogP contribution in [0.15, 0.2) is 67.0 Å². The maximum atomic E-state index is 12.8. The SMILES string of the molecule is O=C(CCc1cnn(-c2ccccc2)c1)OCC(=O)c1ccc(F)cc1. The average Bonchev–Trinajstić information content (AvgIpc) is 3.15. The Hall–Kier alpha value is -3.28. The van der Waals surface area contributed by atoms with Gasteiger partial charge in [-0.2, -0.15) is 5.10 Å². The van der Waals surface area contributed by atoms with Crippen molar-refractivity contribution in [1.82, 2.24) is 9.78 Å². The fourth-order valence-electron chi connectivity index (χ4n) is 2.39. The van der Waals surface area contributed by atoms with Gasteiger partial charge in [0.05, 0.1) is 11.9 Å². The number of para-hydroxylation sites is 1. The average molecular weight is 352 g/mol. The fourth-order valence-corrected chi connectivity index (χ4v) is 2.39. The Balaban J connectivity index is 1.46. The van der Waals surface area contributed by atoms with Gasteiger partial charge in [-0.25, -0.2) is 9.07 Å². The van der Waals surface area contributed by atoms with Gasteiger partial charge in [0.15, 0.2) is 12.4 Å². The van der Waals surface area contributed by atoms with Gasteiger partial charge in [0.1, 0.15) is 5.82 Å². The van der Waals surface area contributed by atoms with Crippen molar-refractivity contribution in [3.8, 4) is 5.69 Å². The highest BCUT2D eigenvalue weighted by Gasteiger charge is 2.11. The first-order valence-corrected chi connectivity index (χ1v) is 8.15. The van der Waals surface area contributed by atoms with E-state index in [1.165, 1.54) is 24.3 Å². The van der Waals surface area contributed by atoms with E-state index in [4.69, 9.17) is 4.74 Å². The largest absolute Gasteiger partial charge is 0.457 e. The molecule has 0 amide bonds. The molecule has 6 heteroatoms. The van der Waals surface area contributed by atoms with Crippen molar-refractivity contribution in [3.05, 3.63) is 83.9 Å². The maximum Gasteiger partial charge on any atom is 0.306 e. The third kappa shape index (κ3) is 4.63. The number of carbonyl (C=O) groups excluding carboxylic acids is 2. The molecule has 3 rings (SSSR count). The lowest BCUT2D eigenvalue weighted by Crippen LogP contribution is -2.14. The molecule has 0 aliphatic heterocycles. The maximum absolute atomic E-state index is 12.8. The highest BCUT2D eigenvalue weighted by atomic mass is 19.1. The molecule has 0 spiro atoms. The summed E-state index contributed by atoms with van der Waals surface area (Å²) in [7, 11) is 0. The van der Waals surface area contributed by atoms with Crippen molar-refractivity contribution < 1.29 is 18.7 Å². The van der Waals surface area contributed by atoms with Crippen LogP contribution in [-0.4, -0.2) is 28.1 Å². The highest BCUT2D eigenvalue weighted by Crippen LogP contribution is 2.10. The van der Waals surface area contributed by atoms with E-state index in [1.807, 2.05) is 36.5 Å². The Kier molecular flexibility index (Phi) is 5.53. The summed E-state index contributed by atoms with van der Waals surface area (Å²) < 4.78 is 19.6. The molecule has 3 aromatic rings. The summed E-state index contributed by atoms with van der Waals surface area (Å²) in [5, 5.41) is 4.27. The van der Waals surface area contributed by atoms with Crippen molar-refractivity contribution in [2.45, 2.75) is 12.8 Å². The van der Waals surface area contributed by atoms with Gasteiger partial charge in [0, 0.05) is 18.2 Å². The number of esters is 1. The lowest BCUT2D eigenvalue weighted by Gasteiger charge is -2.04. The molecular formula is C20H17FN2O3. The molecule has 0 bridgehead atoms. The number of aromatic nitrogens is 2. The predicted molar refractivity (Wildman–Crippen MR) is 93.6 cm³/mol. The van der Waals surface area contributed by atoms with E-state index >= 15 is 0 Å². The van der Waals surface area contributed by atoms with Crippen molar-refractivity contribution in [1.29, 1.82) is 0 Å². The van der Waals surface area contributed by atoms with Gasteiger partial charge in [-0.1, -0.05) is 18.2 Å².